The molecule has 0 bridgehead atoms. The Morgan fingerprint density at radius 1 is 1.12 bits per heavy atom. The van der Waals surface area contributed by atoms with Crippen LogP contribution in [0, 0.1) is 17.5 Å². The van der Waals surface area contributed by atoms with E-state index in [1.165, 1.54) is 4.40 Å². The fourth-order valence-corrected chi connectivity index (χ4v) is 3.60. The molecule has 1 aromatic carbocycles. The van der Waals surface area contributed by atoms with Gasteiger partial charge in [-0.2, -0.15) is 0 Å². The van der Waals surface area contributed by atoms with Gasteiger partial charge in [0.15, 0.2) is 10.5 Å². The lowest BCUT2D eigenvalue weighted by Gasteiger charge is -2.08. The van der Waals surface area contributed by atoms with Crippen molar-refractivity contribution in [2.45, 2.75) is 17.9 Å². The maximum absolute atomic E-state index is 13.6. The Kier molecular flexibility index (Phi) is 4.83. The summed E-state index contributed by atoms with van der Waals surface area (Å²) in [6.07, 6.45) is 1.69. The Labute approximate surface area is 145 Å². The Balaban J connectivity index is 1.68. The van der Waals surface area contributed by atoms with Crippen LogP contribution in [0.5, 0.6) is 0 Å². The van der Waals surface area contributed by atoms with Crippen molar-refractivity contribution in [1.82, 2.24) is 18.9 Å². The van der Waals surface area contributed by atoms with E-state index in [1.807, 2.05) is 4.72 Å². The van der Waals surface area contributed by atoms with Gasteiger partial charge in [0.1, 0.15) is 17.5 Å². The van der Waals surface area contributed by atoms with E-state index in [0.717, 1.165) is 4.68 Å². The maximum atomic E-state index is 13.6. The highest BCUT2D eigenvalue weighted by molar-refractivity contribution is 7.89. The summed E-state index contributed by atoms with van der Waals surface area (Å²) in [4.78, 5) is 10.8. The van der Waals surface area contributed by atoms with E-state index >= 15 is 0 Å². The van der Waals surface area contributed by atoms with E-state index in [0.29, 0.717) is 5.65 Å². The molecule has 7 nitrogen and oxygen atoms in total. The number of rotatable bonds is 6. The average molecular weight is 386 g/mol. The second-order valence-electron chi connectivity index (χ2n) is 5.38. The number of halogens is 3. The number of hydrogen-bond donors (Lipinski definition) is 1. The molecule has 0 saturated heterocycles. The molecule has 1 N–H and O–H groups in total. The highest BCUT2D eigenvalue weighted by Gasteiger charge is 2.24. The summed E-state index contributed by atoms with van der Waals surface area (Å²) < 4.78 is 68.6. The fourth-order valence-electron chi connectivity index (χ4n) is 2.41. The molecule has 3 rings (SSSR count). The van der Waals surface area contributed by atoms with E-state index in [1.54, 1.807) is 24.4 Å². The molecular formula is C15H13F3N4O3S. The van der Waals surface area contributed by atoms with Crippen LogP contribution in [0.2, 0.25) is 0 Å². The van der Waals surface area contributed by atoms with Gasteiger partial charge in [-0.1, -0.05) is 6.07 Å². The van der Waals surface area contributed by atoms with Crippen molar-refractivity contribution in [2.75, 3.05) is 6.54 Å². The number of fused-ring (bicyclic) bond motifs is 1. The van der Waals surface area contributed by atoms with Gasteiger partial charge in [-0.3, -0.25) is 4.40 Å². The Morgan fingerprint density at radius 2 is 1.81 bits per heavy atom. The normalized spacial score (nSPS) is 12.0. The van der Waals surface area contributed by atoms with Gasteiger partial charge in [-0.15, -0.1) is 5.10 Å². The molecule has 0 fully saturated rings. The third kappa shape index (κ3) is 3.48. The zero-order valence-corrected chi connectivity index (χ0v) is 14.0. The number of aromatic nitrogens is 3. The minimum atomic E-state index is -4.51. The quantitative estimate of drug-likeness (QED) is 0.647. The monoisotopic (exact) mass is 386 g/mol. The van der Waals surface area contributed by atoms with Crippen molar-refractivity contribution >= 4 is 15.7 Å². The molecule has 2 heterocycles. The smallest absolute Gasteiger partial charge is 0.250 e. The number of aryl methyl sites for hydroxylation is 1. The molecule has 0 atom stereocenters. The molecule has 26 heavy (non-hydrogen) atoms. The lowest BCUT2D eigenvalue weighted by molar-refractivity contribution is 0.491. The number of benzene rings is 1. The lowest BCUT2D eigenvalue weighted by atomic mass is 10.3. The van der Waals surface area contributed by atoms with Crippen molar-refractivity contribution in [1.29, 1.82) is 0 Å². The van der Waals surface area contributed by atoms with Gasteiger partial charge < -0.3 is 0 Å². The first-order valence-corrected chi connectivity index (χ1v) is 8.96. The van der Waals surface area contributed by atoms with Crippen molar-refractivity contribution in [3.63, 3.8) is 0 Å². The van der Waals surface area contributed by atoms with E-state index in [9.17, 15) is 26.4 Å². The van der Waals surface area contributed by atoms with Crippen LogP contribution < -0.4 is 10.4 Å². The molecule has 0 aliphatic heterocycles. The first-order valence-electron chi connectivity index (χ1n) is 7.48. The predicted molar refractivity (Wildman–Crippen MR) is 85.6 cm³/mol. The molecule has 0 saturated carbocycles. The Bertz CT molecular complexity index is 1100. The fraction of sp³-hybridized carbons (Fsp3) is 0.200. The summed E-state index contributed by atoms with van der Waals surface area (Å²) in [7, 11) is -4.51. The van der Waals surface area contributed by atoms with E-state index in [2.05, 4.69) is 5.10 Å². The van der Waals surface area contributed by atoms with Gasteiger partial charge in [0.2, 0.25) is 10.0 Å². The van der Waals surface area contributed by atoms with Crippen LogP contribution in [0.15, 0.2) is 46.2 Å². The summed E-state index contributed by atoms with van der Waals surface area (Å²) in [5, 5.41) is 4.07. The third-order valence-corrected chi connectivity index (χ3v) is 5.07. The lowest BCUT2D eigenvalue weighted by Crippen LogP contribution is -2.29. The zero-order chi connectivity index (χ0) is 18.9. The predicted octanol–water partition coefficient (Wildman–Crippen LogP) is 1.28. The largest absolute Gasteiger partial charge is 0.350 e. The van der Waals surface area contributed by atoms with Crippen LogP contribution in [0.25, 0.3) is 5.65 Å². The molecule has 0 spiro atoms. The van der Waals surface area contributed by atoms with Crippen molar-refractivity contribution in [2.24, 2.45) is 0 Å². The van der Waals surface area contributed by atoms with Gasteiger partial charge in [0.25, 0.3) is 0 Å². The maximum Gasteiger partial charge on any atom is 0.350 e. The highest BCUT2D eigenvalue weighted by Crippen LogP contribution is 2.19. The van der Waals surface area contributed by atoms with E-state index < -0.39 is 32.4 Å². The van der Waals surface area contributed by atoms with Crippen LogP contribution >= 0.6 is 0 Å². The van der Waals surface area contributed by atoms with Crippen molar-refractivity contribution in [3.05, 3.63) is 64.5 Å². The number of nitrogens with zero attached hydrogens (tertiary/aromatic N) is 3. The second kappa shape index (κ2) is 6.92. The first-order chi connectivity index (χ1) is 12.3. The van der Waals surface area contributed by atoms with Crippen LogP contribution in [0.3, 0.4) is 0 Å². The molecule has 0 aliphatic rings. The van der Waals surface area contributed by atoms with Gasteiger partial charge in [-0.05, 0) is 18.6 Å². The zero-order valence-electron chi connectivity index (χ0n) is 13.2. The van der Waals surface area contributed by atoms with Crippen LogP contribution in [-0.4, -0.2) is 29.1 Å². The van der Waals surface area contributed by atoms with Gasteiger partial charge in [-0.25, -0.2) is 35.8 Å². The second-order valence-corrected chi connectivity index (χ2v) is 7.09. The SMILES string of the molecule is O=c1n(CCCNS(=O)(=O)c2c(F)cc(F)cc2F)nc2ccccn12. The summed E-state index contributed by atoms with van der Waals surface area (Å²) in [6, 6.07) is 5.59. The molecule has 0 amide bonds. The summed E-state index contributed by atoms with van der Waals surface area (Å²) >= 11 is 0. The molecule has 2 aromatic heterocycles. The first kappa shape index (κ1) is 18.1. The molecule has 0 unspecified atom stereocenters. The van der Waals surface area contributed by atoms with Gasteiger partial charge >= 0.3 is 5.69 Å². The summed E-state index contributed by atoms with van der Waals surface area (Å²) in [5.74, 6) is -4.26. The van der Waals surface area contributed by atoms with Gasteiger partial charge in [0.05, 0.1) is 0 Å². The third-order valence-electron chi connectivity index (χ3n) is 3.56. The Hall–Kier alpha value is -2.66. The summed E-state index contributed by atoms with van der Waals surface area (Å²) in [6.45, 7) is -0.101. The number of sulfonamides is 1. The standard InChI is InChI=1S/C15H13F3N4O3S/c16-10-8-11(17)14(12(18)9-10)26(24,25)19-5-3-7-22-15(23)21-6-2-1-4-13(21)20-22/h1-2,4,6,8-9,19H,3,5,7H2. The molecule has 0 radical (unpaired) electrons. The van der Waals surface area contributed by atoms with Gasteiger partial charge in [0, 0.05) is 31.4 Å². The molecule has 11 heteroatoms. The minimum Gasteiger partial charge on any atom is -0.250 e. The number of hydrogen-bond acceptors (Lipinski definition) is 4. The molecular weight excluding hydrogens is 373 g/mol. The molecule has 3 aromatic rings. The van der Waals surface area contributed by atoms with Crippen molar-refractivity contribution in [3.8, 4) is 0 Å². The van der Waals surface area contributed by atoms with Crippen molar-refractivity contribution < 1.29 is 21.6 Å². The number of nitrogens with one attached hydrogen (secondary N) is 1. The topological polar surface area (TPSA) is 85.5 Å². The van der Waals surface area contributed by atoms with E-state index in [4.69, 9.17) is 0 Å². The van der Waals surface area contributed by atoms with Crippen LogP contribution in [0.4, 0.5) is 13.2 Å². The van der Waals surface area contributed by atoms with Crippen LogP contribution in [0.1, 0.15) is 6.42 Å². The minimum absolute atomic E-state index is 0.0947. The summed E-state index contributed by atoms with van der Waals surface area (Å²) in [5.41, 5.74) is 0.0487. The number of pyridine rings is 1. The van der Waals surface area contributed by atoms with Crippen LogP contribution in [-0.2, 0) is 16.6 Å². The Morgan fingerprint density at radius 3 is 2.46 bits per heavy atom. The molecule has 138 valence electrons. The molecule has 0 aliphatic carbocycles. The van der Waals surface area contributed by atoms with E-state index in [-0.39, 0.29) is 37.3 Å². The highest BCUT2D eigenvalue weighted by atomic mass is 32.2. The average Bonchev–Trinajstić information content (AvgIpc) is 2.87.